The summed E-state index contributed by atoms with van der Waals surface area (Å²) in [7, 11) is 0. The summed E-state index contributed by atoms with van der Waals surface area (Å²) in [6.07, 6.45) is 0.818. The van der Waals surface area contributed by atoms with Crippen LogP contribution < -0.4 is 16.6 Å². The van der Waals surface area contributed by atoms with Gasteiger partial charge >= 0.3 is 5.69 Å². The molecule has 1 atom stereocenters. The Morgan fingerprint density at radius 3 is 2.59 bits per heavy atom. The summed E-state index contributed by atoms with van der Waals surface area (Å²) >= 11 is 0. The number of H-pyrrole nitrogens is 2. The molecule has 0 fully saturated rings. The second-order valence-corrected chi connectivity index (χ2v) is 7.27. The summed E-state index contributed by atoms with van der Waals surface area (Å²) < 4.78 is 1.20. The lowest BCUT2D eigenvalue weighted by Gasteiger charge is -2.25. The molecular formula is C22H20N4O3. The number of hydrogen-bond donors (Lipinski definition) is 4. The molecule has 0 saturated carbocycles. The molecule has 0 bridgehead atoms. The van der Waals surface area contributed by atoms with Gasteiger partial charge in [0.15, 0.2) is 0 Å². The van der Waals surface area contributed by atoms with E-state index < -0.39 is 17.3 Å². The Labute approximate surface area is 165 Å². The molecule has 5 rings (SSSR count). The van der Waals surface area contributed by atoms with E-state index in [0.717, 1.165) is 34.1 Å². The predicted octanol–water partition coefficient (Wildman–Crippen LogP) is 2.01. The van der Waals surface area contributed by atoms with Gasteiger partial charge in [0.05, 0.1) is 12.6 Å². The van der Waals surface area contributed by atoms with Crippen molar-refractivity contribution in [1.82, 2.24) is 19.9 Å². The molecule has 146 valence electrons. The Morgan fingerprint density at radius 1 is 1.00 bits per heavy atom. The van der Waals surface area contributed by atoms with Crippen LogP contribution in [-0.2, 0) is 13.0 Å². The van der Waals surface area contributed by atoms with Crippen molar-refractivity contribution in [1.29, 1.82) is 0 Å². The van der Waals surface area contributed by atoms with Crippen molar-refractivity contribution in [2.24, 2.45) is 0 Å². The fraction of sp³-hybridized carbons (Fsp3) is 0.182. The van der Waals surface area contributed by atoms with Crippen molar-refractivity contribution in [3.63, 3.8) is 0 Å². The lowest BCUT2D eigenvalue weighted by Crippen LogP contribution is -2.39. The summed E-state index contributed by atoms with van der Waals surface area (Å²) in [5.41, 5.74) is 2.75. The first-order chi connectivity index (χ1) is 14.1. The highest BCUT2D eigenvalue weighted by atomic mass is 16.3. The highest BCUT2D eigenvalue weighted by molar-refractivity contribution is 5.85. The molecule has 29 heavy (non-hydrogen) atoms. The van der Waals surface area contributed by atoms with Crippen molar-refractivity contribution >= 4 is 10.9 Å². The molecule has 0 saturated heterocycles. The third-order valence-electron chi connectivity index (χ3n) is 5.54. The first-order valence-corrected chi connectivity index (χ1v) is 9.56. The smallest absolute Gasteiger partial charge is 0.331 e. The number of aromatic hydroxyl groups is 1. The molecule has 1 aliphatic heterocycles. The van der Waals surface area contributed by atoms with Crippen LogP contribution in [0.3, 0.4) is 0 Å². The minimum absolute atomic E-state index is 0.146. The number of nitrogens with one attached hydrogen (secondary N) is 3. The van der Waals surface area contributed by atoms with E-state index >= 15 is 0 Å². The van der Waals surface area contributed by atoms with E-state index in [1.54, 1.807) is 0 Å². The van der Waals surface area contributed by atoms with Gasteiger partial charge in [-0.1, -0.05) is 48.5 Å². The van der Waals surface area contributed by atoms with Crippen molar-refractivity contribution in [3.05, 3.63) is 97.8 Å². The molecule has 0 spiro atoms. The Balaban J connectivity index is 1.67. The Morgan fingerprint density at radius 2 is 1.76 bits per heavy atom. The number of aromatic amines is 2. The molecule has 4 N–H and O–H groups in total. The molecule has 2 aromatic heterocycles. The first kappa shape index (κ1) is 17.5. The van der Waals surface area contributed by atoms with Gasteiger partial charge in [-0.15, -0.1) is 0 Å². The summed E-state index contributed by atoms with van der Waals surface area (Å²) in [5.74, 6) is -0.313. The van der Waals surface area contributed by atoms with Crippen LogP contribution in [0.15, 0.2) is 64.2 Å². The minimum Gasteiger partial charge on any atom is -0.494 e. The van der Waals surface area contributed by atoms with Gasteiger partial charge in [-0.25, -0.2) is 4.79 Å². The van der Waals surface area contributed by atoms with Crippen molar-refractivity contribution in [2.45, 2.75) is 19.0 Å². The van der Waals surface area contributed by atoms with Crippen LogP contribution >= 0.6 is 0 Å². The topological polar surface area (TPSA) is 103 Å². The summed E-state index contributed by atoms with van der Waals surface area (Å²) in [6.45, 7) is 0.831. The normalized spacial score (nSPS) is 16.1. The maximum absolute atomic E-state index is 12.7. The number of aromatic nitrogens is 3. The molecule has 0 aliphatic carbocycles. The number of hydrogen-bond acceptors (Lipinski definition) is 4. The number of nitrogens with zero attached hydrogens (tertiary/aromatic N) is 1. The molecule has 3 heterocycles. The number of fused-ring (bicyclic) bond motifs is 3. The van der Waals surface area contributed by atoms with Gasteiger partial charge in [0.25, 0.3) is 5.56 Å². The van der Waals surface area contributed by atoms with Crippen molar-refractivity contribution in [2.75, 3.05) is 6.54 Å². The van der Waals surface area contributed by atoms with Crippen LogP contribution in [0.4, 0.5) is 0 Å². The molecule has 0 amide bonds. The van der Waals surface area contributed by atoms with Gasteiger partial charge in [-0.05, 0) is 23.6 Å². The zero-order chi connectivity index (χ0) is 20.0. The van der Waals surface area contributed by atoms with Gasteiger partial charge in [-0.3, -0.25) is 14.3 Å². The van der Waals surface area contributed by atoms with Gasteiger partial charge in [0.1, 0.15) is 5.56 Å². The summed E-state index contributed by atoms with van der Waals surface area (Å²) in [4.78, 5) is 30.9. The van der Waals surface area contributed by atoms with Gasteiger partial charge in [0, 0.05) is 23.1 Å². The molecule has 7 heteroatoms. The monoisotopic (exact) mass is 388 g/mol. The van der Waals surface area contributed by atoms with E-state index in [0.29, 0.717) is 6.54 Å². The number of para-hydroxylation sites is 1. The average molecular weight is 388 g/mol. The molecule has 1 unspecified atom stereocenters. The van der Waals surface area contributed by atoms with Crippen LogP contribution in [0.25, 0.3) is 10.9 Å². The van der Waals surface area contributed by atoms with Crippen molar-refractivity contribution in [3.8, 4) is 5.88 Å². The highest BCUT2D eigenvalue weighted by Gasteiger charge is 2.30. The lowest BCUT2D eigenvalue weighted by molar-refractivity contribution is 0.390. The molecule has 7 nitrogen and oxygen atoms in total. The van der Waals surface area contributed by atoms with E-state index in [-0.39, 0.29) is 18.0 Å². The zero-order valence-corrected chi connectivity index (χ0v) is 15.6. The van der Waals surface area contributed by atoms with Crippen LogP contribution in [0.2, 0.25) is 0 Å². The average Bonchev–Trinajstić information content (AvgIpc) is 3.11. The van der Waals surface area contributed by atoms with Crippen molar-refractivity contribution < 1.29 is 5.11 Å². The van der Waals surface area contributed by atoms with E-state index in [2.05, 4.69) is 15.3 Å². The van der Waals surface area contributed by atoms with E-state index in [9.17, 15) is 14.7 Å². The molecule has 4 aromatic rings. The Kier molecular flexibility index (Phi) is 4.10. The zero-order valence-electron chi connectivity index (χ0n) is 15.6. The largest absolute Gasteiger partial charge is 0.494 e. The molecule has 0 radical (unpaired) electrons. The van der Waals surface area contributed by atoms with E-state index in [1.807, 2.05) is 54.6 Å². The molecule has 2 aromatic carbocycles. The van der Waals surface area contributed by atoms with Gasteiger partial charge in [-0.2, -0.15) is 0 Å². The molecule has 1 aliphatic rings. The van der Waals surface area contributed by atoms with Crippen LogP contribution in [-0.4, -0.2) is 26.2 Å². The maximum atomic E-state index is 12.7. The summed E-state index contributed by atoms with van der Waals surface area (Å²) in [6, 6.07) is 16.8. The fourth-order valence-corrected chi connectivity index (χ4v) is 4.17. The standard InChI is InChI=1S/C22H20N4O3/c27-20-17(21(28)26(22(29)25-20)12-13-6-2-1-3-7-13)19-18-15(10-11-23-19)14-8-4-5-9-16(14)24-18/h1-9,19,23-24,28H,10-12H2,(H,25,27,29). The summed E-state index contributed by atoms with van der Waals surface area (Å²) in [5, 5.41) is 15.4. The molecular weight excluding hydrogens is 368 g/mol. The quantitative estimate of drug-likeness (QED) is 0.431. The SMILES string of the molecule is O=c1[nH]c(=O)n(Cc2ccccc2)c(O)c1C1NCCc2c1[nH]c1ccccc21. The predicted molar refractivity (Wildman–Crippen MR) is 110 cm³/mol. The minimum atomic E-state index is -0.632. The second kappa shape index (κ2) is 6.79. The third-order valence-corrected chi connectivity index (χ3v) is 5.54. The van der Waals surface area contributed by atoms with E-state index in [4.69, 9.17) is 0 Å². The van der Waals surface area contributed by atoms with Crippen LogP contribution in [0.5, 0.6) is 5.88 Å². The third kappa shape index (κ3) is 2.87. The van der Waals surface area contributed by atoms with Gasteiger partial charge in [0.2, 0.25) is 5.88 Å². The Hall–Kier alpha value is -3.58. The Bertz CT molecular complexity index is 1320. The number of rotatable bonds is 3. The second-order valence-electron chi connectivity index (χ2n) is 7.27. The van der Waals surface area contributed by atoms with Crippen LogP contribution in [0.1, 0.15) is 28.4 Å². The first-order valence-electron chi connectivity index (χ1n) is 9.56. The van der Waals surface area contributed by atoms with E-state index in [1.165, 1.54) is 4.57 Å². The maximum Gasteiger partial charge on any atom is 0.331 e. The lowest BCUT2D eigenvalue weighted by atomic mass is 9.95. The highest BCUT2D eigenvalue weighted by Crippen LogP contribution is 2.34. The van der Waals surface area contributed by atoms with Gasteiger partial charge < -0.3 is 15.4 Å². The fourth-order valence-electron chi connectivity index (χ4n) is 4.17. The van der Waals surface area contributed by atoms with Crippen LogP contribution in [0, 0.1) is 0 Å². The number of benzene rings is 2.